The molecular weight excluding hydrogens is 733 g/mol. The van der Waals surface area contributed by atoms with E-state index in [1.165, 1.54) is 7.11 Å². The maximum absolute atomic E-state index is 14.7. The molecule has 2 aromatic heterocycles. The first-order valence-electron chi connectivity index (χ1n) is 18.6. The number of carboxylic acid groups (broad SMARTS) is 1. The zero-order chi connectivity index (χ0) is 39.3. The fourth-order valence-electron chi connectivity index (χ4n) is 8.71. The van der Waals surface area contributed by atoms with Gasteiger partial charge < -0.3 is 19.7 Å². The van der Waals surface area contributed by atoms with Gasteiger partial charge in [0.05, 0.1) is 41.8 Å². The molecule has 7 rings (SSSR count). The Hall–Kier alpha value is -4.23. The first-order valence-corrected chi connectivity index (χ1v) is 19.0. The Labute approximate surface area is 324 Å². The van der Waals surface area contributed by atoms with Gasteiger partial charge in [-0.15, -0.1) is 0 Å². The van der Waals surface area contributed by atoms with Crippen LogP contribution < -0.4 is 9.47 Å². The molecule has 2 N–H and O–H groups in total. The third-order valence-corrected chi connectivity index (χ3v) is 12.0. The number of likely N-dealkylation sites (tertiary alicyclic amines) is 2. The lowest BCUT2D eigenvalue weighted by Gasteiger charge is -2.44. The summed E-state index contributed by atoms with van der Waals surface area (Å²) >= 11 is 7.15. The summed E-state index contributed by atoms with van der Waals surface area (Å²) in [4.78, 5) is 25.3. The Morgan fingerprint density at radius 3 is 2.33 bits per heavy atom. The van der Waals surface area contributed by atoms with Crippen LogP contribution in [0.2, 0.25) is 5.02 Å². The van der Waals surface area contributed by atoms with E-state index in [0.29, 0.717) is 62.0 Å². The highest BCUT2D eigenvalue weighted by atomic mass is 35.5. The second-order valence-corrected chi connectivity index (χ2v) is 16.0. The van der Waals surface area contributed by atoms with E-state index in [4.69, 9.17) is 26.1 Å². The summed E-state index contributed by atoms with van der Waals surface area (Å²) in [7, 11) is 2.96. The molecule has 0 saturated carbocycles. The number of hydrogen-bond acceptors (Lipinski definition) is 8. The molecule has 1 aliphatic carbocycles. The van der Waals surface area contributed by atoms with E-state index < -0.39 is 28.8 Å². The Morgan fingerprint density at radius 1 is 0.945 bits per heavy atom. The first-order chi connectivity index (χ1) is 26.1. The van der Waals surface area contributed by atoms with Crippen molar-refractivity contribution in [2.24, 2.45) is 0 Å². The van der Waals surface area contributed by atoms with Crippen LogP contribution in [-0.4, -0.2) is 80.9 Å². The average Bonchev–Trinajstić information content (AvgIpc) is 3.54. The van der Waals surface area contributed by atoms with Crippen LogP contribution in [0, 0.1) is 0 Å². The van der Waals surface area contributed by atoms with Gasteiger partial charge in [0.15, 0.2) is 0 Å². The summed E-state index contributed by atoms with van der Waals surface area (Å²) in [6, 6.07) is 16.6. The van der Waals surface area contributed by atoms with Crippen molar-refractivity contribution in [1.29, 1.82) is 0 Å². The lowest BCUT2D eigenvalue weighted by atomic mass is 9.88. The monoisotopic (exact) mass is 778 g/mol. The zero-order valence-electron chi connectivity index (χ0n) is 31.5. The van der Waals surface area contributed by atoms with Crippen molar-refractivity contribution in [3.05, 3.63) is 93.1 Å². The number of aliphatic hydroxyl groups is 1. The first kappa shape index (κ1) is 39.0. The van der Waals surface area contributed by atoms with E-state index >= 15 is 0 Å². The molecule has 0 amide bonds. The van der Waals surface area contributed by atoms with Gasteiger partial charge in [-0.1, -0.05) is 54.1 Å². The molecule has 2 fully saturated rings. The Kier molecular flexibility index (Phi) is 10.7. The van der Waals surface area contributed by atoms with E-state index in [1.54, 1.807) is 18.9 Å². The lowest BCUT2D eigenvalue weighted by molar-refractivity contribution is -0.153. The summed E-state index contributed by atoms with van der Waals surface area (Å²) < 4.78 is 55.4. The quantitative estimate of drug-likeness (QED) is 0.156. The number of aliphatic carboxylic acids is 1. The minimum absolute atomic E-state index is 0.0208. The topological polar surface area (TPSA) is 108 Å². The number of fused-ring (bicyclic) bond motifs is 1. The number of benzene rings is 2. The van der Waals surface area contributed by atoms with E-state index in [0.717, 1.165) is 52.3 Å². The molecule has 9 nitrogen and oxygen atoms in total. The molecule has 0 radical (unpaired) electrons. The van der Waals surface area contributed by atoms with Crippen LogP contribution >= 0.6 is 11.6 Å². The van der Waals surface area contributed by atoms with Crippen LogP contribution in [0.5, 0.6) is 11.8 Å². The molecule has 55 heavy (non-hydrogen) atoms. The Morgan fingerprint density at radius 2 is 1.64 bits per heavy atom. The molecule has 0 bridgehead atoms. The number of nitrogens with zero attached hydrogens (tertiary/aromatic N) is 4. The molecule has 0 unspecified atom stereocenters. The van der Waals surface area contributed by atoms with Crippen LogP contribution in [0.25, 0.3) is 22.4 Å². The highest BCUT2D eigenvalue weighted by Gasteiger charge is 2.43. The summed E-state index contributed by atoms with van der Waals surface area (Å²) in [6.45, 7) is 5.61. The maximum atomic E-state index is 14.7. The summed E-state index contributed by atoms with van der Waals surface area (Å²) in [5, 5.41) is 20.6. The highest BCUT2D eigenvalue weighted by molar-refractivity contribution is 6.36. The SMILES string of the molecule is COc1nc(-c2cccc(-c3cccc4c3CC[C@@H]4Cc3nc(OC)c(CN4CCCC[C@@]4(C)C(=O)O)cc3C(F)(F)F)c2Cl)ccc1CN1CC(C)(O)C1. The number of β-amino-alcohol motifs (C(OH)–C–C–N with tert-alkyl or cyclic N) is 1. The Balaban J connectivity index is 1.17. The van der Waals surface area contributed by atoms with Crippen LogP contribution in [0.15, 0.2) is 54.6 Å². The van der Waals surface area contributed by atoms with E-state index in [9.17, 15) is 28.2 Å². The van der Waals surface area contributed by atoms with Gasteiger partial charge in [0.2, 0.25) is 11.8 Å². The van der Waals surface area contributed by atoms with Crippen molar-refractivity contribution < 1.29 is 37.7 Å². The normalized spacial score (nSPS) is 21.2. The number of halogens is 4. The van der Waals surface area contributed by atoms with Gasteiger partial charge in [-0.2, -0.15) is 13.2 Å². The minimum atomic E-state index is -4.68. The van der Waals surface area contributed by atoms with Crippen molar-refractivity contribution >= 4 is 17.6 Å². The van der Waals surface area contributed by atoms with Gasteiger partial charge in [-0.05, 0) is 93.7 Å². The van der Waals surface area contributed by atoms with Crippen molar-refractivity contribution in [1.82, 2.24) is 19.8 Å². The fourth-order valence-corrected chi connectivity index (χ4v) is 9.03. The zero-order valence-corrected chi connectivity index (χ0v) is 32.2. The van der Waals surface area contributed by atoms with Crippen molar-refractivity contribution in [3.63, 3.8) is 0 Å². The second kappa shape index (κ2) is 15.0. The number of aromatic nitrogens is 2. The molecule has 4 heterocycles. The fraction of sp³-hybridized carbons (Fsp3) is 0.452. The predicted octanol–water partition coefficient (Wildman–Crippen LogP) is 8.17. The molecule has 2 aromatic carbocycles. The molecule has 2 atom stereocenters. The molecular formula is C42H46ClF3N4O5. The number of piperidine rings is 1. The van der Waals surface area contributed by atoms with E-state index in [1.807, 2.05) is 55.5 Å². The molecule has 3 aliphatic rings. The number of carbonyl (C=O) groups is 1. The van der Waals surface area contributed by atoms with Crippen LogP contribution in [0.4, 0.5) is 13.2 Å². The number of hydrogen-bond donors (Lipinski definition) is 2. The van der Waals surface area contributed by atoms with Gasteiger partial charge >= 0.3 is 12.1 Å². The van der Waals surface area contributed by atoms with Crippen LogP contribution in [0.3, 0.4) is 0 Å². The number of ether oxygens (including phenoxy) is 2. The smallest absolute Gasteiger partial charge is 0.418 e. The summed E-state index contributed by atoms with van der Waals surface area (Å²) in [5.41, 5.74) is 3.38. The van der Waals surface area contributed by atoms with Gasteiger partial charge in [-0.25, -0.2) is 9.97 Å². The van der Waals surface area contributed by atoms with Crippen molar-refractivity contribution in [2.75, 3.05) is 33.9 Å². The minimum Gasteiger partial charge on any atom is -0.481 e. The standard InChI is InChI=1S/C42H46ClF3N4O5/c1-40(53)23-49(24-40)21-26-14-16-34(47-37(26)54-3)32-12-8-11-31(36(32)43)29-10-7-9-28-25(13-15-30(28)29)20-35-33(42(44,45)46)19-27(38(48-35)55-4)22-50-18-6-5-17-41(50,2)39(51)52/h7-12,14,16,19,25,53H,5-6,13,15,17-18,20-24H2,1-4H3,(H,51,52)/t25-,41+/m1/s1. The molecule has 292 valence electrons. The predicted molar refractivity (Wildman–Crippen MR) is 203 cm³/mol. The largest absolute Gasteiger partial charge is 0.481 e. The number of methoxy groups -OCH3 is 2. The van der Waals surface area contributed by atoms with Gasteiger partial charge in [0.25, 0.3) is 0 Å². The molecule has 2 saturated heterocycles. The molecule has 4 aromatic rings. The number of carboxylic acids is 1. The van der Waals surface area contributed by atoms with E-state index in [-0.39, 0.29) is 36.0 Å². The number of pyridine rings is 2. The molecule has 2 aliphatic heterocycles. The maximum Gasteiger partial charge on any atom is 0.418 e. The average molecular weight is 779 g/mol. The van der Waals surface area contributed by atoms with Gasteiger partial charge in [0.1, 0.15) is 5.54 Å². The van der Waals surface area contributed by atoms with Gasteiger partial charge in [0, 0.05) is 48.4 Å². The number of alkyl halides is 3. The summed E-state index contributed by atoms with van der Waals surface area (Å²) in [6.07, 6.45) is -1.45. The van der Waals surface area contributed by atoms with Crippen LogP contribution in [0.1, 0.15) is 79.0 Å². The second-order valence-electron chi connectivity index (χ2n) is 15.6. The van der Waals surface area contributed by atoms with Crippen molar-refractivity contribution in [3.8, 4) is 34.1 Å². The summed E-state index contributed by atoms with van der Waals surface area (Å²) in [5.74, 6) is -0.674. The van der Waals surface area contributed by atoms with Crippen molar-refractivity contribution in [2.45, 2.75) is 88.7 Å². The third-order valence-electron chi connectivity index (χ3n) is 11.6. The lowest BCUT2D eigenvalue weighted by Crippen LogP contribution is -2.59. The molecule has 13 heteroatoms. The molecule has 0 spiro atoms. The van der Waals surface area contributed by atoms with E-state index in [2.05, 4.69) is 9.88 Å². The highest BCUT2D eigenvalue weighted by Crippen LogP contribution is 2.46. The Bertz CT molecular complexity index is 2100. The van der Waals surface area contributed by atoms with Gasteiger partial charge in [-0.3, -0.25) is 14.6 Å². The van der Waals surface area contributed by atoms with Crippen LogP contribution in [-0.2, 0) is 36.9 Å². The third kappa shape index (κ3) is 7.66. The number of rotatable bonds is 11.